The van der Waals surface area contributed by atoms with Gasteiger partial charge in [-0.15, -0.1) is 0 Å². The van der Waals surface area contributed by atoms with Gasteiger partial charge in [0.15, 0.2) is 0 Å². The van der Waals surface area contributed by atoms with E-state index in [1.807, 2.05) is 5.57 Å². The second kappa shape index (κ2) is 9.11. The van der Waals surface area contributed by atoms with Crippen LogP contribution in [-0.2, 0) is 4.74 Å². The van der Waals surface area contributed by atoms with E-state index >= 15 is 0 Å². The third-order valence-corrected chi connectivity index (χ3v) is 10.8. The van der Waals surface area contributed by atoms with Crippen LogP contribution < -0.4 is 0 Å². The first kappa shape index (κ1) is 22.4. The summed E-state index contributed by atoms with van der Waals surface area (Å²) in [5.74, 6) is 3.28. The van der Waals surface area contributed by atoms with E-state index in [0.717, 1.165) is 49.9 Å². The molecule has 5 rings (SSSR count). The van der Waals surface area contributed by atoms with Crippen LogP contribution >= 0.6 is 0 Å². The van der Waals surface area contributed by atoms with Crippen LogP contribution in [0, 0.1) is 34.5 Å². The molecule has 7 atom stereocenters. The van der Waals surface area contributed by atoms with Crippen LogP contribution in [-0.4, -0.2) is 49.0 Å². The molecule has 1 saturated heterocycles. The molecule has 0 aromatic rings. The van der Waals surface area contributed by atoms with Gasteiger partial charge in [-0.1, -0.05) is 25.5 Å². The van der Waals surface area contributed by atoms with Gasteiger partial charge >= 0.3 is 0 Å². The van der Waals surface area contributed by atoms with Crippen molar-refractivity contribution < 1.29 is 9.84 Å². The second-order valence-corrected chi connectivity index (χ2v) is 12.3. The quantitative estimate of drug-likeness (QED) is 0.409. The van der Waals surface area contributed by atoms with E-state index in [2.05, 4.69) is 24.8 Å². The number of rotatable bonds is 7. The number of likely N-dealkylation sites (tertiary alicyclic amines) is 1. The Morgan fingerprint density at radius 1 is 1.00 bits per heavy atom. The van der Waals surface area contributed by atoms with Gasteiger partial charge in [0, 0.05) is 13.2 Å². The maximum Gasteiger partial charge on any atom is 0.0596 e. The van der Waals surface area contributed by atoms with Gasteiger partial charge in [-0.2, -0.15) is 0 Å². The highest BCUT2D eigenvalue weighted by Gasteiger charge is 2.58. The average molecular weight is 430 g/mol. The summed E-state index contributed by atoms with van der Waals surface area (Å²) >= 11 is 0. The predicted octanol–water partition coefficient (Wildman–Crippen LogP) is 5.82. The van der Waals surface area contributed by atoms with Gasteiger partial charge in [0.2, 0.25) is 0 Å². The minimum atomic E-state index is -0.0449. The van der Waals surface area contributed by atoms with Crippen molar-refractivity contribution in [2.24, 2.45) is 34.5 Å². The summed E-state index contributed by atoms with van der Waals surface area (Å²) in [6.45, 7) is 10.6. The Hall–Kier alpha value is -0.380. The van der Waals surface area contributed by atoms with E-state index in [1.165, 1.54) is 83.7 Å². The third-order valence-electron chi connectivity index (χ3n) is 10.8. The number of hydrogen-bond donors (Lipinski definition) is 1. The molecule has 4 fully saturated rings. The summed E-state index contributed by atoms with van der Waals surface area (Å²) in [4.78, 5) is 2.54. The highest BCUT2D eigenvalue weighted by molar-refractivity contribution is 5.25. The minimum absolute atomic E-state index is 0.0449. The molecule has 1 aliphatic heterocycles. The smallest absolute Gasteiger partial charge is 0.0596 e. The molecule has 0 aromatic carbocycles. The lowest BCUT2D eigenvalue weighted by atomic mass is 9.47. The fraction of sp³-hybridized carbons (Fsp3) is 0.929. The molecule has 0 aromatic heterocycles. The van der Waals surface area contributed by atoms with Crippen molar-refractivity contribution in [2.75, 3.05) is 32.8 Å². The fourth-order valence-corrected chi connectivity index (χ4v) is 8.75. The summed E-state index contributed by atoms with van der Waals surface area (Å²) in [6.07, 6.45) is 18.3. The van der Waals surface area contributed by atoms with Crippen molar-refractivity contribution in [3.63, 3.8) is 0 Å². The lowest BCUT2D eigenvalue weighted by Crippen LogP contribution is -2.51. The van der Waals surface area contributed by atoms with Crippen molar-refractivity contribution in [3.05, 3.63) is 11.6 Å². The molecule has 0 amide bonds. The van der Waals surface area contributed by atoms with E-state index in [-0.39, 0.29) is 11.5 Å². The Morgan fingerprint density at radius 3 is 2.68 bits per heavy atom. The molecule has 3 heteroatoms. The van der Waals surface area contributed by atoms with Crippen LogP contribution in [0.4, 0.5) is 0 Å². The van der Waals surface area contributed by atoms with Crippen molar-refractivity contribution >= 4 is 0 Å². The monoisotopic (exact) mass is 429 g/mol. The van der Waals surface area contributed by atoms with E-state index < -0.39 is 0 Å². The van der Waals surface area contributed by atoms with Gasteiger partial charge in [-0.25, -0.2) is 0 Å². The van der Waals surface area contributed by atoms with Crippen LogP contribution in [0.1, 0.15) is 90.9 Å². The highest BCUT2D eigenvalue weighted by Crippen LogP contribution is 2.65. The van der Waals surface area contributed by atoms with Crippen molar-refractivity contribution in [1.29, 1.82) is 0 Å². The first-order valence-corrected chi connectivity index (χ1v) is 13.7. The largest absolute Gasteiger partial charge is 0.393 e. The number of ether oxygens (including phenoxy) is 1. The van der Waals surface area contributed by atoms with Gasteiger partial charge in [-0.3, -0.25) is 0 Å². The molecule has 3 saturated carbocycles. The number of aliphatic hydroxyl groups excluding tert-OH is 1. The number of fused-ring (bicyclic) bond motifs is 5. The molecule has 1 N–H and O–H groups in total. The van der Waals surface area contributed by atoms with Crippen molar-refractivity contribution in [2.45, 2.75) is 97.0 Å². The molecule has 31 heavy (non-hydrogen) atoms. The number of aliphatic hydroxyl groups is 1. The molecule has 1 heterocycles. The molecule has 3 nitrogen and oxygen atoms in total. The maximum absolute atomic E-state index is 10.7. The van der Waals surface area contributed by atoms with Gasteiger partial charge in [0.1, 0.15) is 0 Å². The average Bonchev–Trinajstić information content (AvgIpc) is 3.38. The Kier molecular flexibility index (Phi) is 6.58. The Labute approximate surface area is 191 Å². The minimum Gasteiger partial charge on any atom is -0.393 e. The standard InChI is InChI=1S/C28H47NO2/c1-27-13-11-21(6-5-18-31-19-17-29-15-3-4-16-29)20-22(27)7-8-23-24-9-10-26(30)28(24,2)14-12-25(23)27/h20-21,23-26,30H,3-19H2,1-2H3/t21?,23?,24?,25?,26-,27-,28-/m0/s1. The summed E-state index contributed by atoms with van der Waals surface area (Å²) in [5.41, 5.74) is 2.47. The first-order valence-electron chi connectivity index (χ1n) is 13.7. The molecule has 4 unspecified atom stereocenters. The lowest BCUT2D eigenvalue weighted by Gasteiger charge is -2.58. The van der Waals surface area contributed by atoms with E-state index in [4.69, 9.17) is 4.74 Å². The van der Waals surface area contributed by atoms with Gasteiger partial charge < -0.3 is 14.7 Å². The number of hydrogen-bond acceptors (Lipinski definition) is 3. The predicted molar refractivity (Wildman–Crippen MR) is 127 cm³/mol. The fourth-order valence-electron chi connectivity index (χ4n) is 8.75. The topological polar surface area (TPSA) is 32.7 Å². The van der Waals surface area contributed by atoms with Crippen LogP contribution in [0.5, 0.6) is 0 Å². The van der Waals surface area contributed by atoms with Gasteiger partial charge in [0.05, 0.1) is 12.7 Å². The van der Waals surface area contributed by atoms with E-state index in [1.54, 1.807) is 0 Å². The van der Waals surface area contributed by atoms with E-state index in [0.29, 0.717) is 5.41 Å². The number of nitrogens with zero attached hydrogens (tertiary/aromatic N) is 1. The van der Waals surface area contributed by atoms with Crippen LogP contribution in [0.2, 0.25) is 0 Å². The van der Waals surface area contributed by atoms with Crippen LogP contribution in [0.15, 0.2) is 11.6 Å². The summed E-state index contributed by atoms with van der Waals surface area (Å²) in [5, 5.41) is 10.7. The van der Waals surface area contributed by atoms with Gasteiger partial charge in [0.25, 0.3) is 0 Å². The zero-order chi connectivity index (χ0) is 21.5. The maximum atomic E-state index is 10.7. The lowest BCUT2D eigenvalue weighted by molar-refractivity contribution is -0.0748. The highest BCUT2D eigenvalue weighted by atomic mass is 16.5. The van der Waals surface area contributed by atoms with Crippen LogP contribution in [0.3, 0.4) is 0 Å². The van der Waals surface area contributed by atoms with Crippen molar-refractivity contribution in [1.82, 2.24) is 4.90 Å². The second-order valence-electron chi connectivity index (χ2n) is 12.3. The Bertz CT molecular complexity index is 655. The Balaban J connectivity index is 1.12. The molecule has 0 radical (unpaired) electrons. The molecule has 4 aliphatic carbocycles. The van der Waals surface area contributed by atoms with E-state index in [9.17, 15) is 5.11 Å². The molecule has 5 aliphatic rings. The Morgan fingerprint density at radius 2 is 1.84 bits per heavy atom. The van der Waals surface area contributed by atoms with Crippen molar-refractivity contribution in [3.8, 4) is 0 Å². The zero-order valence-corrected chi connectivity index (χ0v) is 20.3. The number of allylic oxidation sites excluding steroid dienone is 2. The zero-order valence-electron chi connectivity index (χ0n) is 20.3. The first-order chi connectivity index (χ1) is 15.0. The molecule has 0 bridgehead atoms. The summed E-state index contributed by atoms with van der Waals surface area (Å²) < 4.78 is 5.96. The molecular formula is C28H47NO2. The SMILES string of the molecule is C[C@]12CCC(CCCOCCN3CCCC3)C=C1CCC1C2CC[C@@]2(C)C1CC[C@@H]2O. The third kappa shape index (κ3) is 4.17. The molecule has 0 spiro atoms. The molecular weight excluding hydrogens is 382 g/mol. The molecule has 176 valence electrons. The normalized spacial score (nSPS) is 45.1. The van der Waals surface area contributed by atoms with Crippen LogP contribution in [0.25, 0.3) is 0 Å². The van der Waals surface area contributed by atoms with Gasteiger partial charge in [-0.05, 0) is 125 Å². The summed E-state index contributed by atoms with van der Waals surface area (Å²) in [6, 6.07) is 0. The summed E-state index contributed by atoms with van der Waals surface area (Å²) in [7, 11) is 0.